The van der Waals surface area contributed by atoms with Crippen LogP contribution in [0.25, 0.3) is 0 Å². The Morgan fingerprint density at radius 3 is 2.71 bits per heavy atom. The minimum Gasteiger partial charge on any atom is -0.496 e. The number of rotatable bonds is 3. The Bertz CT molecular complexity index is 326. The SMILES string of the molecule is COc1cccc(I)c1[C@](C)(N)CO. The maximum atomic E-state index is 9.21. The number of nitrogens with two attached hydrogens (primary N) is 1. The summed E-state index contributed by atoms with van der Waals surface area (Å²) in [6, 6.07) is 5.69. The number of benzene rings is 1. The number of halogens is 1. The van der Waals surface area contributed by atoms with E-state index in [4.69, 9.17) is 10.5 Å². The van der Waals surface area contributed by atoms with E-state index >= 15 is 0 Å². The van der Waals surface area contributed by atoms with Crippen molar-refractivity contribution in [2.24, 2.45) is 5.73 Å². The number of methoxy groups -OCH3 is 1. The van der Waals surface area contributed by atoms with E-state index in [1.54, 1.807) is 14.0 Å². The average Bonchev–Trinajstić information content (AvgIpc) is 2.17. The molecule has 1 rings (SSSR count). The van der Waals surface area contributed by atoms with Gasteiger partial charge < -0.3 is 15.6 Å². The molecule has 0 saturated carbocycles. The summed E-state index contributed by atoms with van der Waals surface area (Å²) in [4.78, 5) is 0. The predicted molar refractivity (Wildman–Crippen MR) is 64.3 cm³/mol. The third-order valence-electron chi connectivity index (χ3n) is 2.09. The highest BCUT2D eigenvalue weighted by Crippen LogP contribution is 2.31. The monoisotopic (exact) mass is 307 g/mol. The summed E-state index contributed by atoms with van der Waals surface area (Å²) in [5.41, 5.74) is 6.07. The highest BCUT2D eigenvalue weighted by molar-refractivity contribution is 14.1. The van der Waals surface area contributed by atoms with E-state index in [0.29, 0.717) is 0 Å². The molecule has 1 aromatic carbocycles. The molecule has 0 aliphatic rings. The van der Waals surface area contributed by atoms with Gasteiger partial charge in [-0.3, -0.25) is 0 Å². The fourth-order valence-corrected chi connectivity index (χ4v) is 2.40. The Balaban J connectivity index is 3.30. The van der Waals surface area contributed by atoms with Crippen molar-refractivity contribution in [3.63, 3.8) is 0 Å². The summed E-state index contributed by atoms with van der Waals surface area (Å²) < 4.78 is 6.22. The van der Waals surface area contributed by atoms with E-state index < -0.39 is 5.54 Å². The van der Waals surface area contributed by atoms with E-state index in [-0.39, 0.29) is 6.61 Å². The predicted octanol–water partition coefficient (Wildman–Crippen LogP) is 1.47. The summed E-state index contributed by atoms with van der Waals surface area (Å²) in [6.07, 6.45) is 0. The van der Waals surface area contributed by atoms with E-state index in [2.05, 4.69) is 22.6 Å². The largest absolute Gasteiger partial charge is 0.496 e. The highest BCUT2D eigenvalue weighted by atomic mass is 127. The number of aliphatic hydroxyl groups is 1. The van der Waals surface area contributed by atoms with Crippen LogP contribution in [-0.4, -0.2) is 18.8 Å². The van der Waals surface area contributed by atoms with E-state index in [9.17, 15) is 5.11 Å². The summed E-state index contributed by atoms with van der Waals surface area (Å²) in [5, 5.41) is 9.21. The Kier molecular flexibility index (Phi) is 3.74. The fraction of sp³-hybridized carbons (Fsp3) is 0.400. The lowest BCUT2D eigenvalue weighted by molar-refractivity contribution is 0.205. The van der Waals surface area contributed by atoms with Gasteiger partial charge in [-0.1, -0.05) is 6.07 Å². The van der Waals surface area contributed by atoms with Gasteiger partial charge >= 0.3 is 0 Å². The second kappa shape index (κ2) is 4.46. The van der Waals surface area contributed by atoms with Crippen LogP contribution in [-0.2, 0) is 5.54 Å². The Morgan fingerprint density at radius 2 is 2.21 bits per heavy atom. The Hall–Kier alpha value is -0.330. The maximum absolute atomic E-state index is 9.21. The summed E-state index contributed by atoms with van der Waals surface area (Å²) >= 11 is 2.19. The summed E-state index contributed by atoms with van der Waals surface area (Å²) in [6.45, 7) is 1.68. The van der Waals surface area contributed by atoms with Crippen molar-refractivity contribution in [2.75, 3.05) is 13.7 Å². The zero-order valence-electron chi connectivity index (χ0n) is 8.25. The molecule has 1 aromatic rings. The molecule has 0 aliphatic heterocycles. The molecule has 0 radical (unpaired) electrons. The second-order valence-corrected chi connectivity index (χ2v) is 4.55. The topological polar surface area (TPSA) is 55.5 Å². The zero-order chi connectivity index (χ0) is 10.8. The van der Waals surface area contributed by atoms with Crippen LogP contribution in [0.1, 0.15) is 12.5 Å². The Morgan fingerprint density at radius 1 is 1.57 bits per heavy atom. The molecular formula is C10H14INO2. The molecule has 3 N–H and O–H groups in total. The summed E-state index contributed by atoms with van der Waals surface area (Å²) in [5.74, 6) is 0.718. The molecule has 1 atom stereocenters. The van der Waals surface area contributed by atoms with Gasteiger partial charge in [-0.2, -0.15) is 0 Å². The quantitative estimate of drug-likeness (QED) is 0.832. The van der Waals surface area contributed by atoms with Crippen molar-refractivity contribution in [2.45, 2.75) is 12.5 Å². The van der Waals surface area contributed by atoms with Crippen molar-refractivity contribution in [1.29, 1.82) is 0 Å². The molecule has 78 valence electrons. The van der Waals surface area contributed by atoms with Gasteiger partial charge in [0.25, 0.3) is 0 Å². The minimum absolute atomic E-state index is 0.108. The first-order chi connectivity index (χ1) is 6.53. The first kappa shape index (κ1) is 11.7. The van der Waals surface area contributed by atoms with Gasteiger partial charge in [-0.15, -0.1) is 0 Å². The van der Waals surface area contributed by atoms with E-state index in [1.165, 1.54) is 0 Å². The molecule has 0 aliphatic carbocycles. The van der Waals surface area contributed by atoms with Crippen molar-refractivity contribution in [1.82, 2.24) is 0 Å². The van der Waals surface area contributed by atoms with Gasteiger partial charge in [-0.05, 0) is 41.6 Å². The average molecular weight is 307 g/mol. The lowest BCUT2D eigenvalue weighted by Gasteiger charge is -2.25. The third kappa shape index (κ3) is 2.18. The number of ether oxygens (including phenoxy) is 1. The molecule has 0 saturated heterocycles. The van der Waals surface area contributed by atoms with E-state index in [0.717, 1.165) is 14.9 Å². The molecule has 3 nitrogen and oxygen atoms in total. The summed E-state index contributed by atoms with van der Waals surface area (Å²) in [7, 11) is 1.60. The van der Waals surface area contributed by atoms with Crippen LogP contribution in [0.2, 0.25) is 0 Å². The maximum Gasteiger partial charge on any atom is 0.125 e. The van der Waals surface area contributed by atoms with Crippen molar-refractivity contribution in [3.05, 3.63) is 27.3 Å². The van der Waals surface area contributed by atoms with Crippen LogP contribution in [0.4, 0.5) is 0 Å². The van der Waals surface area contributed by atoms with Gasteiger partial charge in [-0.25, -0.2) is 0 Å². The first-order valence-corrected chi connectivity index (χ1v) is 5.33. The molecule has 0 heterocycles. The molecule has 4 heteroatoms. The Labute approximate surface area is 97.4 Å². The molecule has 0 amide bonds. The second-order valence-electron chi connectivity index (χ2n) is 3.39. The van der Waals surface area contributed by atoms with Crippen LogP contribution in [0.15, 0.2) is 18.2 Å². The number of aliphatic hydroxyl groups excluding tert-OH is 1. The molecule has 0 unspecified atom stereocenters. The van der Waals surface area contributed by atoms with Crippen molar-refractivity contribution in [3.8, 4) is 5.75 Å². The third-order valence-corrected chi connectivity index (χ3v) is 2.99. The van der Waals surface area contributed by atoms with Crippen molar-refractivity contribution < 1.29 is 9.84 Å². The molecule has 0 spiro atoms. The van der Waals surface area contributed by atoms with E-state index in [1.807, 2.05) is 18.2 Å². The standard InChI is InChI=1S/C10H14INO2/c1-10(12,6-13)9-7(11)4-3-5-8(9)14-2/h3-5,13H,6,12H2,1-2H3/t10-/m1/s1. The number of hydrogen-bond acceptors (Lipinski definition) is 3. The van der Waals surface area contributed by atoms with Gasteiger partial charge in [0.2, 0.25) is 0 Å². The van der Waals surface area contributed by atoms with Gasteiger partial charge in [0.15, 0.2) is 0 Å². The van der Waals surface area contributed by atoms with Crippen LogP contribution in [0.3, 0.4) is 0 Å². The lowest BCUT2D eigenvalue weighted by atomic mass is 9.93. The smallest absolute Gasteiger partial charge is 0.125 e. The molecular weight excluding hydrogens is 293 g/mol. The zero-order valence-corrected chi connectivity index (χ0v) is 10.4. The van der Waals surface area contributed by atoms with Crippen molar-refractivity contribution >= 4 is 22.6 Å². The van der Waals surface area contributed by atoms with Gasteiger partial charge in [0.1, 0.15) is 5.75 Å². The molecule has 0 fully saturated rings. The van der Waals surface area contributed by atoms with Gasteiger partial charge in [0, 0.05) is 9.13 Å². The molecule has 0 aromatic heterocycles. The lowest BCUT2D eigenvalue weighted by Crippen LogP contribution is -2.38. The molecule has 0 bridgehead atoms. The molecule has 14 heavy (non-hydrogen) atoms. The fourth-order valence-electron chi connectivity index (χ4n) is 1.31. The van der Waals surface area contributed by atoms with Crippen LogP contribution < -0.4 is 10.5 Å². The van der Waals surface area contributed by atoms with Crippen LogP contribution in [0, 0.1) is 3.57 Å². The van der Waals surface area contributed by atoms with Crippen LogP contribution in [0.5, 0.6) is 5.75 Å². The van der Waals surface area contributed by atoms with Gasteiger partial charge in [0.05, 0.1) is 19.3 Å². The van der Waals surface area contributed by atoms with Crippen LogP contribution >= 0.6 is 22.6 Å². The number of hydrogen-bond donors (Lipinski definition) is 2. The normalized spacial score (nSPS) is 14.9. The first-order valence-electron chi connectivity index (χ1n) is 4.25. The minimum atomic E-state index is -0.761. The highest BCUT2D eigenvalue weighted by Gasteiger charge is 2.26.